The molecule has 1 unspecified atom stereocenters. The predicted molar refractivity (Wildman–Crippen MR) is 68.2 cm³/mol. The van der Waals surface area contributed by atoms with Crippen LogP contribution in [0.2, 0.25) is 0 Å². The first-order valence-corrected chi connectivity index (χ1v) is 6.33. The van der Waals surface area contributed by atoms with Gasteiger partial charge in [-0.15, -0.1) is 0 Å². The van der Waals surface area contributed by atoms with Gasteiger partial charge in [-0.25, -0.2) is 4.39 Å². The van der Waals surface area contributed by atoms with Crippen LogP contribution in [-0.4, -0.2) is 28.7 Å². The Kier molecular flexibility index (Phi) is 6.06. The Hall–Kier alpha value is -1.02. The number of aliphatic hydroxyl groups is 2. The third kappa shape index (κ3) is 4.78. The molecule has 0 spiro atoms. The molecule has 0 fully saturated rings. The van der Waals surface area contributed by atoms with Crippen LogP contribution in [0.15, 0.2) is 18.2 Å². The lowest BCUT2D eigenvalue weighted by Crippen LogP contribution is -2.02. The van der Waals surface area contributed by atoms with E-state index in [2.05, 4.69) is 11.8 Å². The van der Waals surface area contributed by atoms with Gasteiger partial charge in [0, 0.05) is 11.0 Å². The molecule has 0 saturated heterocycles. The first kappa shape index (κ1) is 14.0. The average molecular weight is 254 g/mol. The highest BCUT2D eigenvalue weighted by Crippen LogP contribution is 2.19. The summed E-state index contributed by atoms with van der Waals surface area (Å²) in [5.74, 6) is 5.32. The van der Waals surface area contributed by atoms with E-state index in [1.165, 1.54) is 6.07 Å². The molecule has 1 aromatic rings. The summed E-state index contributed by atoms with van der Waals surface area (Å²) >= 11 is 1.60. The molecule has 0 radical (unpaired) electrons. The number of thioether (sulfide) groups is 1. The van der Waals surface area contributed by atoms with E-state index in [4.69, 9.17) is 10.2 Å². The lowest BCUT2D eigenvalue weighted by atomic mass is 10.1. The van der Waals surface area contributed by atoms with Gasteiger partial charge in [-0.05, 0) is 17.7 Å². The van der Waals surface area contributed by atoms with Crippen molar-refractivity contribution in [3.05, 3.63) is 35.1 Å². The van der Waals surface area contributed by atoms with Crippen molar-refractivity contribution in [2.24, 2.45) is 0 Å². The average Bonchev–Trinajstić information content (AvgIpc) is 2.35. The zero-order valence-electron chi connectivity index (χ0n) is 9.61. The quantitative estimate of drug-likeness (QED) is 0.805. The van der Waals surface area contributed by atoms with Crippen LogP contribution in [0.25, 0.3) is 0 Å². The highest BCUT2D eigenvalue weighted by Gasteiger charge is 2.04. The summed E-state index contributed by atoms with van der Waals surface area (Å²) in [6.07, 6.45) is 0. The van der Waals surface area contributed by atoms with Gasteiger partial charge in [-0.1, -0.05) is 24.8 Å². The predicted octanol–water partition coefficient (Wildman–Crippen LogP) is 1.78. The van der Waals surface area contributed by atoms with Crippen LogP contribution in [0.1, 0.15) is 18.1 Å². The number of aliphatic hydroxyl groups excluding tert-OH is 2. The molecule has 0 bridgehead atoms. The molecular formula is C13H15FO2S. The Morgan fingerprint density at radius 1 is 1.41 bits per heavy atom. The smallest absolute Gasteiger partial charge is 0.138 e. The van der Waals surface area contributed by atoms with Gasteiger partial charge in [0.2, 0.25) is 0 Å². The van der Waals surface area contributed by atoms with Crippen LogP contribution in [-0.2, 0) is 5.75 Å². The molecule has 0 amide bonds. The second-order valence-electron chi connectivity index (χ2n) is 3.58. The molecule has 0 saturated carbocycles. The van der Waals surface area contributed by atoms with Crippen LogP contribution in [0.4, 0.5) is 4.39 Å². The van der Waals surface area contributed by atoms with Gasteiger partial charge < -0.3 is 10.2 Å². The summed E-state index contributed by atoms with van der Waals surface area (Å²) in [5, 5.41) is 17.6. The topological polar surface area (TPSA) is 40.5 Å². The molecule has 0 heterocycles. The molecule has 4 heteroatoms. The van der Waals surface area contributed by atoms with Gasteiger partial charge in [0.1, 0.15) is 12.4 Å². The molecular weight excluding hydrogens is 239 g/mol. The lowest BCUT2D eigenvalue weighted by molar-refractivity contribution is 0.300. The van der Waals surface area contributed by atoms with Crippen LogP contribution < -0.4 is 0 Å². The summed E-state index contributed by atoms with van der Waals surface area (Å²) in [7, 11) is 0. The molecule has 1 atom stereocenters. The molecule has 17 heavy (non-hydrogen) atoms. The fourth-order valence-electron chi connectivity index (χ4n) is 1.18. The molecule has 2 nitrogen and oxygen atoms in total. The van der Waals surface area contributed by atoms with Crippen molar-refractivity contribution >= 4 is 11.8 Å². The van der Waals surface area contributed by atoms with Gasteiger partial charge in [-0.2, -0.15) is 11.8 Å². The first-order valence-electron chi connectivity index (χ1n) is 5.28. The summed E-state index contributed by atoms with van der Waals surface area (Å²) < 4.78 is 13.3. The maximum absolute atomic E-state index is 13.3. The minimum atomic E-state index is -0.380. The Morgan fingerprint density at radius 2 is 2.18 bits per heavy atom. The van der Waals surface area contributed by atoms with Gasteiger partial charge in [0.25, 0.3) is 0 Å². The molecule has 2 N–H and O–H groups in total. The van der Waals surface area contributed by atoms with Crippen molar-refractivity contribution in [3.63, 3.8) is 0 Å². The molecule has 1 aromatic carbocycles. The Bertz CT molecular complexity index is 423. The van der Waals surface area contributed by atoms with Gasteiger partial charge in [0.05, 0.1) is 12.2 Å². The molecule has 1 rings (SSSR count). The SMILES string of the molecule is CC(CO)SCc1ccc(F)c(C#CCO)c1. The van der Waals surface area contributed by atoms with Gasteiger partial charge >= 0.3 is 0 Å². The number of rotatable bonds is 4. The third-order valence-corrected chi connectivity index (χ3v) is 3.34. The maximum atomic E-state index is 13.3. The number of halogens is 1. The highest BCUT2D eigenvalue weighted by atomic mass is 32.2. The standard InChI is InChI=1S/C13H15FO2S/c1-10(8-16)17-9-11-4-5-13(14)12(7-11)3-2-6-15/h4-5,7,10,15-16H,6,8-9H2,1H3. The largest absolute Gasteiger partial charge is 0.395 e. The Morgan fingerprint density at radius 3 is 2.82 bits per heavy atom. The molecule has 0 aliphatic rings. The summed E-state index contributed by atoms with van der Waals surface area (Å²) in [4.78, 5) is 0. The van der Waals surface area contributed by atoms with E-state index in [0.717, 1.165) is 5.56 Å². The van der Waals surface area contributed by atoms with Crippen molar-refractivity contribution in [2.45, 2.75) is 17.9 Å². The van der Waals surface area contributed by atoms with E-state index in [9.17, 15) is 4.39 Å². The van der Waals surface area contributed by atoms with E-state index in [1.54, 1.807) is 23.9 Å². The molecule has 0 aromatic heterocycles. The maximum Gasteiger partial charge on any atom is 0.138 e. The monoisotopic (exact) mass is 254 g/mol. The van der Waals surface area contributed by atoms with Crippen molar-refractivity contribution in [2.75, 3.05) is 13.2 Å². The number of hydrogen-bond acceptors (Lipinski definition) is 3. The lowest BCUT2D eigenvalue weighted by Gasteiger charge is -2.07. The van der Waals surface area contributed by atoms with Crippen molar-refractivity contribution in [3.8, 4) is 11.8 Å². The highest BCUT2D eigenvalue weighted by molar-refractivity contribution is 7.99. The van der Waals surface area contributed by atoms with E-state index >= 15 is 0 Å². The molecule has 0 aliphatic heterocycles. The van der Waals surface area contributed by atoms with E-state index in [1.807, 2.05) is 6.92 Å². The number of hydrogen-bond donors (Lipinski definition) is 2. The van der Waals surface area contributed by atoms with Crippen LogP contribution >= 0.6 is 11.8 Å². The summed E-state index contributed by atoms with van der Waals surface area (Å²) in [6.45, 7) is 1.78. The fraction of sp³-hybridized carbons (Fsp3) is 0.385. The molecule has 92 valence electrons. The minimum Gasteiger partial charge on any atom is -0.395 e. The fourth-order valence-corrected chi connectivity index (χ4v) is 1.95. The Balaban J connectivity index is 2.74. The first-order chi connectivity index (χ1) is 8.17. The minimum absolute atomic E-state index is 0.128. The normalized spacial score (nSPS) is 11.8. The third-order valence-electron chi connectivity index (χ3n) is 2.12. The van der Waals surface area contributed by atoms with Crippen molar-refractivity contribution < 1.29 is 14.6 Å². The summed E-state index contributed by atoms with van der Waals surface area (Å²) in [6, 6.07) is 4.76. The van der Waals surface area contributed by atoms with E-state index in [-0.39, 0.29) is 24.3 Å². The Labute approximate surface area is 105 Å². The second-order valence-corrected chi connectivity index (χ2v) is 5.01. The van der Waals surface area contributed by atoms with E-state index < -0.39 is 0 Å². The van der Waals surface area contributed by atoms with Gasteiger partial charge in [0.15, 0.2) is 0 Å². The summed E-state index contributed by atoms with van der Waals surface area (Å²) in [5.41, 5.74) is 1.26. The van der Waals surface area contributed by atoms with Crippen LogP contribution in [0, 0.1) is 17.7 Å². The van der Waals surface area contributed by atoms with Gasteiger partial charge in [-0.3, -0.25) is 0 Å². The molecule has 0 aliphatic carbocycles. The van der Waals surface area contributed by atoms with Crippen LogP contribution in [0.5, 0.6) is 0 Å². The van der Waals surface area contributed by atoms with E-state index in [0.29, 0.717) is 11.3 Å². The number of benzene rings is 1. The zero-order valence-corrected chi connectivity index (χ0v) is 10.4. The zero-order chi connectivity index (χ0) is 12.7. The van der Waals surface area contributed by atoms with Crippen molar-refractivity contribution in [1.82, 2.24) is 0 Å². The second kappa shape index (κ2) is 7.33. The van der Waals surface area contributed by atoms with Crippen LogP contribution in [0.3, 0.4) is 0 Å². The van der Waals surface area contributed by atoms with Crippen molar-refractivity contribution in [1.29, 1.82) is 0 Å².